The van der Waals surface area contributed by atoms with Gasteiger partial charge in [0, 0.05) is 19.2 Å². The van der Waals surface area contributed by atoms with E-state index in [1.54, 1.807) is 7.11 Å². The molecule has 0 aliphatic rings. The maximum Gasteiger partial charge on any atom is 0.0693 e. The molecule has 3 heteroatoms. The van der Waals surface area contributed by atoms with Crippen LogP contribution in [0.1, 0.15) is 27.2 Å². The van der Waals surface area contributed by atoms with Gasteiger partial charge in [0.1, 0.15) is 0 Å². The van der Waals surface area contributed by atoms with Gasteiger partial charge in [0.15, 0.2) is 0 Å². The van der Waals surface area contributed by atoms with Gasteiger partial charge in [-0.25, -0.2) is 0 Å². The summed E-state index contributed by atoms with van der Waals surface area (Å²) in [5.74, 6) is 0. The van der Waals surface area contributed by atoms with E-state index in [1.807, 2.05) is 6.92 Å². The van der Waals surface area contributed by atoms with Crippen LogP contribution in [0, 0.1) is 0 Å². The van der Waals surface area contributed by atoms with E-state index in [1.165, 1.54) is 0 Å². The van der Waals surface area contributed by atoms with Crippen LogP contribution in [0.15, 0.2) is 0 Å². The Kier molecular flexibility index (Phi) is 6.34. The third kappa shape index (κ3) is 4.04. The van der Waals surface area contributed by atoms with Crippen LogP contribution in [-0.2, 0) is 4.74 Å². The van der Waals surface area contributed by atoms with Crippen molar-refractivity contribution in [1.29, 1.82) is 0 Å². The molecule has 0 heterocycles. The van der Waals surface area contributed by atoms with Gasteiger partial charge in [0.25, 0.3) is 0 Å². The fourth-order valence-electron chi connectivity index (χ4n) is 1.01. The zero-order chi connectivity index (χ0) is 9.56. The number of nitrogens with one attached hydrogen (secondary N) is 1. The van der Waals surface area contributed by atoms with Crippen molar-refractivity contribution < 1.29 is 9.84 Å². The first-order valence-electron chi connectivity index (χ1n) is 4.55. The van der Waals surface area contributed by atoms with E-state index in [9.17, 15) is 0 Å². The molecule has 0 radical (unpaired) electrons. The summed E-state index contributed by atoms with van der Waals surface area (Å²) in [5, 5.41) is 12.2. The molecule has 0 saturated carbocycles. The second kappa shape index (κ2) is 6.40. The summed E-state index contributed by atoms with van der Waals surface area (Å²) >= 11 is 0. The van der Waals surface area contributed by atoms with Crippen LogP contribution >= 0.6 is 0 Å². The van der Waals surface area contributed by atoms with Crippen molar-refractivity contribution in [2.24, 2.45) is 0 Å². The van der Waals surface area contributed by atoms with Crippen LogP contribution in [-0.4, -0.2) is 37.0 Å². The van der Waals surface area contributed by atoms with Crippen LogP contribution < -0.4 is 5.32 Å². The lowest BCUT2D eigenvalue weighted by Gasteiger charge is -2.24. The number of aliphatic hydroxyl groups is 1. The molecular weight excluding hydrogens is 154 g/mol. The molecule has 0 saturated heterocycles. The summed E-state index contributed by atoms with van der Waals surface area (Å²) in [6.45, 7) is 6.32. The highest BCUT2D eigenvalue weighted by molar-refractivity contribution is 4.73. The lowest BCUT2D eigenvalue weighted by Crippen LogP contribution is -2.44. The third-order valence-corrected chi connectivity index (χ3v) is 2.29. The summed E-state index contributed by atoms with van der Waals surface area (Å²) < 4.78 is 5.16. The van der Waals surface area contributed by atoms with Crippen LogP contribution in [0.5, 0.6) is 0 Å². The molecule has 0 aliphatic carbocycles. The highest BCUT2D eigenvalue weighted by Gasteiger charge is 2.14. The summed E-state index contributed by atoms with van der Waals surface area (Å²) in [6.07, 6.45) is 1.13. The Balaban J connectivity index is 3.72. The van der Waals surface area contributed by atoms with E-state index < -0.39 is 0 Å². The molecule has 3 unspecified atom stereocenters. The molecule has 3 atom stereocenters. The van der Waals surface area contributed by atoms with Gasteiger partial charge in [-0.1, -0.05) is 6.92 Å². The fraction of sp³-hybridized carbons (Fsp3) is 1.00. The normalized spacial score (nSPS) is 18.8. The minimum absolute atomic E-state index is 0.186. The third-order valence-electron chi connectivity index (χ3n) is 2.29. The number of ether oxygens (including phenoxy) is 1. The summed E-state index contributed by atoms with van der Waals surface area (Å²) in [6, 6.07) is 0.477. The Morgan fingerprint density at radius 3 is 2.33 bits per heavy atom. The summed E-state index contributed by atoms with van der Waals surface area (Å²) in [5.41, 5.74) is 0. The fourth-order valence-corrected chi connectivity index (χ4v) is 1.01. The van der Waals surface area contributed by atoms with Crippen LogP contribution in [0.25, 0.3) is 0 Å². The SMILES string of the molecule is CCC(CO)NC(C)C(C)OC. The van der Waals surface area contributed by atoms with Crippen LogP contribution in [0.3, 0.4) is 0 Å². The Morgan fingerprint density at radius 2 is 2.00 bits per heavy atom. The predicted molar refractivity (Wildman–Crippen MR) is 50.2 cm³/mol. The Bertz CT molecular complexity index is 105. The predicted octanol–water partition coefficient (Wildman–Crippen LogP) is 0.770. The lowest BCUT2D eigenvalue weighted by molar-refractivity contribution is 0.0793. The highest BCUT2D eigenvalue weighted by Crippen LogP contribution is 1.99. The molecule has 2 N–H and O–H groups in total. The summed E-state index contributed by atoms with van der Waals surface area (Å²) in [7, 11) is 1.70. The standard InChI is InChI=1S/C9H21NO2/c1-5-9(6-11)10-7(2)8(3)12-4/h7-11H,5-6H2,1-4H3. The highest BCUT2D eigenvalue weighted by atomic mass is 16.5. The van der Waals surface area contributed by atoms with Crippen molar-refractivity contribution in [3.05, 3.63) is 0 Å². The number of rotatable bonds is 6. The van der Waals surface area contributed by atoms with Crippen molar-refractivity contribution in [2.75, 3.05) is 13.7 Å². The van der Waals surface area contributed by atoms with Gasteiger partial charge >= 0.3 is 0 Å². The van der Waals surface area contributed by atoms with Gasteiger partial charge in [0.2, 0.25) is 0 Å². The van der Waals surface area contributed by atoms with Gasteiger partial charge in [-0.2, -0.15) is 0 Å². The molecule has 0 aromatic rings. The maximum atomic E-state index is 8.93. The van der Waals surface area contributed by atoms with Crippen molar-refractivity contribution in [2.45, 2.75) is 45.4 Å². The lowest BCUT2D eigenvalue weighted by atomic mass is 10.1. The molecular formula is C9H21NO2. The number of aliphatic hydroxyl groups excluding tert-OH is 1. The zero-order valence-corrected chi connectivity index (χ0v) is 8.50. The molecule has 0 aromatic heterocycles. The first-order chi connectivity index (χ1) is 5.65. The first kappa shape index (κ1) is 11.9. The van der Waals surface area contributed by atoms with Gasteiger partial charge in [0.05, 0.1) is 12.7 Å². The minimum Gasteiger partial charge on any atom is -0.395 e. The van der Waals surface area contributed by atoms with Crippen molar-refractivity contribution >= 4 is 0 Å². The molecule has 0 aromatic carbocycles. The van der Waals surface area contributed by atoms with Crippen LogP contribution in [0.4, 0.5) is 0 Å². The number of hydrogen-bond acceptors (Lipinski definition) is 3. The van der Waals surface area contributed by atoms with Crippen molar-refractivity contribution in [3.8, 4) is 0 Å². The van der Waals surface area contributed by atoms with E-state index >= 15 is 0 Å². The van der Waals surface area contributed by atoms with E-state index in [0.717, 1.165) is 6.42 Å². The Morgan fingerprint density at radius 1 is 1.42 bits per heavy atom. The first-order valence-corrected chi connectivity index (χ1v) is 4.55. The van der Waals surface area contributed by atoms with E-state index in [-0.39, 0.29) is 24.8 Å². The average molecular weight is 175 g/mol. The maximum absolute atomic E-state index is 8.93. The molecule has 3 nitrogen and oxygen atoms in total. The molecule has 0 aliphatic heterocycles. The van der Waals surface area contributed by atoms with Gasteiger partial charge in [-0.15, -0.1) is 0 Å². The van der Waals surface area contributed by atoms with Crippen molar-refractivity contribution in [3.63, 3.8) is 0 Å². The Labute approximate surface area is 75.1 Å². The van der Waals surface area contributed by atoms with Crippen LogP contribution in [0.2, 0.25) is 0 Å². The van der Waals surface area contributed by atoms with Gasteiger partial charge in [-0.3, -0.25) is 0 Å². The van der Waals surface area contributed by atoms with Crippen molar-refractivity contribution in [1.82, 2.24) is 5.32 Å². The van der Waals surface area contributed by atoms with E-state index in [2.05, 4.69) is 19.2 Å². The van der Waals surface area contributed by atoms with Gasteiger partial charge < -0.3 is 15.2 Å². The smallest absolute Gasteiger partial charge is 0.0693 e. The molecule has 0 bridgehead atoms. The topological polar surface area (TPSA) is 41.5 Å². The number of methoxy groups -OCH3 is 1. The number of hydrogen-bond donors (Lipinski definition) is 2. The Hall–Kier alpha value is -0.120. The molecule has 0 spiro atoms. The molecule has 74 valence electrons. The quantitative estimate of drug-likeness (QED) is 0.626. The second-order valence-electron chi connectivity index (χ2n) is 3.18. The molecule has 0 fully saturated rings. The molecule has 0 amide bonds. The van der Waals surface area contributed by atoms with Gasteiger partial charge in [-0.05, 0) is 20.3 Å². The van der Waals surface area contributed by atoms with E-state index in [4.69, 9.17) is 9.84 Å². The molecule has 12 heavy (non-hydrogen) atoms. The monoisotopic (exact) mass is 175 g/mol. The second-order valence-corrected chi connectivity index (χ2v) is 3.18. The summed E-state index contributed by atoms with van der Waals surface area (Å²) in [4.78, 5) is 0. The van der Waals surface area contributed by atoms with E-state index in [0.29, 0.717) is 0 Å². The minimum atomic E-state index is 0.186. The average Bonchev–Trinajstić information content (AvgIpc) is 2.12. The molecule has 0 rings (SSSR count). The largest absolute Gasteiger partial charge is 0.395 e. The zero-order valence-electron chi connectivity index (χ0n) is 8.50.